The SMILES string of the molecule is C/C=C(\C=C/C(C)c1ccccc1)Nc1ccc(C)cc1. The van der Waals surface area contributed by atoms with Gasteiger partial charge in [-0.05, 0) is 43.5 Å². The summed E-state index contributed by atoms with van der Waals surface area (Å²) < 4.78 is 0. The summed E-state index contributed by atoms with van der Waals surface area (Å²) in [6.45, 7) is 6.36. The van der Waals surface area contributed by atoms with Crippen LogP contribution in [0.25, 0.3) is 0 Å². The third-order valence-corrected chi connectivity index (χ3v) is 3.54. The van der Waals surface area contributed by atoms with E-state index < -0.39 is 0 Å². The van der Waals surface area contributed by atoms with Crippen LogP contribution in [0.4, 0.5) is 5.69 Å². The molecule has 21 heavy (non-hydrogen) atoms. The summed E-state index contributed by atoms with van der Waals surface area (Å²) in [6.07, 6.45) is 6.47. The van der Waals surface area contributed by atoms with Crippen LogP contribution in [0.1, 0.15) is 30.9 Å². The second-order valence-corrected chi connectivity index (χ2v) is 5.29. The monoisotopic (exact) mass is 277 g/mol. The molecule has 0 aliphatic rings. The van der Waals surface area contributed by atoms with Gasteiger partial charge in [0.15, 0.2) is 0 Å². The highest BCUT2D eigenvalue weighted by molar-refractivity contribution is 5.51. The van der Waals surface area contributed by atoms with Crippen molar-refractivity contribution in [3.05, 3.63) is 89.6 Å². The van der Waals surface area contributed by atoms with E-state index in [0.29, 0.717) is 5.92 Å². The van der Waals surface area contributed by atoms with Gasteiger partial charge in [0.25, 0.3) is 0 Å². The van der Waals surface area contributed by atoms with Gasteiger partial charge in [-0.2, -0.15) is 0 Å². The highest BCUT2D eigenvalue weighted by atomic mass is 14.9. The Bertz CT molecular complexity index is 606. The molecule has 2 aromatic carbocycles. The summed E-state index contributed by atoms with van der Waals surface area (Å²) in [5.74, 6) is 0.404. The molecule has 1 nitrogen and oxygen atoms in total. The van der Waals surface area contributed by atoms with Crippen molar-refractivity contribution in [1.29, 1.82) is 0 Å². The van der Waals surface area contributed by atoms with Gasteiger partial charge in [-0.1, -0.05) is 67.1 Å². The molecular formula is C20H23N. The van der Waals surface area contributed by atoms with E-state index >= 15 is 0 Å². The lowest BCUT2D eigenvalue weighted by atomic mass is 10.0. The zero-order valence-electron chi connectivity index (χ0n) is 13.0. The molecule has 0 fully saturated rings. The number of nitrogens with one attached hydrogen (secondary N) is 1. The number of anilines is 1. The van der Waals surface area contributed by atoms with E-state index in [9.17, 15) is 0 Å². The number of hydrogen-bond acceptors (Lipinski definition) is 1. The lowest BCUT2D eigenvalue weighted by Gasteiger charge is -2.09. The Hall–Kier alpha value is -2.28. The van der Waals surface area contributed by atoms with Crippen molar-refractivity contribution in [3.8, 4) is 0 Å². The van der Waals surface area contributed by atoms with Gasteiger partial charge in [0.05, 0.1) is 0 Å². The Morgan fingerprint density at radius 2 is 1.67 bits per heavy atom. The van der Waals surface area contributed by atoms with Crippen LogP contribution in [0, 0.1) is 6.92 Å². The number of aryl methyl sites for hydroxylation is 1. The molecule has 0 bridgehead atoms. The molecule has 0 radical (unpaired) electrons. The van der Waals surface area contributed by atoms with E-state index in [1.54, 1.807) is 0 Å². The van der Waals surface area contributed by atoms with Crippen molar-refractivity contribution in [3.63, 3.8) is 0 Å². The van der Waals surface area contributed by atoms with Crippen LogP contribution in [0.5, 0.6) is 0 Å². The fraction of sp³-hybridized carbons (Fsp3) is 0.200. The normalized spacial score (nSPS) is 13.4. The minimum atomic E-state index is 0.404. The van der Waals surface area contributed by atoms with Crippen LogP contribution < -0.4 is 5.32 Å². The molecule has 1 N–H and O–H groups in total. The van der Waals surface area contributed by atoms with Gasteiger partial charge >= 0.3 is 0 Å². The molecule has 0 spiro atoms. The fourth-order valence-corrected chi connectivity index (χ4v) is 2.13. The zero-order valence-corrected chi connectivity index (χ0v) is 13.0. The first-order chi connectivity index (χ1) is 10.2. The van der Waals surface area contributed by atoms with E-state index in [4.69, 9.17) is 0 Å². The number of benzene rings is 2. The molecule has 1 heteroatoms. The van der Waals surface area contributed by atoms with E-state index in [2.05, 4.69) is 92.0 Å². The van der Waals surface area contributed by atoms with Crippen molar-refractivity contribution in [2.24, 2.45) is 0 Å². The smallest absolute Gasteiger partial charge is 0.0384 e. The van der Waals surface area contributed by atoms with Crippen molar-refractivity contribution in [2.75, 3.05) is 5.32 Å². The highest BCUT2D eigenvalue weighted by Gasteiger charge is 2.00. The molecule has 0 aliphatic heterocycles. The molecule has 2 rings (SSSR count). The predicted molar refractivity (Wildman–Crippen MR) is 92.6 cm³/mol. The lowest BCUT2D eigenvalue weighted by molar-refractivity contribution is 0.966. The lowest BCUT2D eigenvalue weighted by Crippen LogP contribution is -1.97. The van der Waals surface area contributed by atoms with Gasteiger partial charge in [0.2, 0.25) is 0 Å². The van der Waals surface area contributed by atoms with E-state index in [0.717, 1.165) is 11.4 Å². The second-order valence-electron chi connectivity index (χ2n) is 5.29. The number of rotatable bonds is 5. The van der Waals surface area contributed by atoms with Gasteiger partial charge in [0.1, 0.15) is 0 Å². The summed E-state index contributed by atoms with van der Waals surface area (Å²) in [5.41, 5.74) is 4.84. The molecular weight excluding hydrogens is 254 g/mol. The molecule has 1 unspecified atom stereocenters. The Kier molecular flexibility index (Phi) is 5.39. The zero-order chi connectivity index (χ0) is 15.1. The molecule has 0 heterocycles. The largest absolute Gasteiger partial charge is 0.356 e. The summed E-state index contributed by atoms with van der Waals surface area (Å²) in [6, 6.07) is 19.0. The molecule has 0 saturated heterocycles. The number of hydrogen-bond donors (Lipinski definition) is 1. The molecule has 0 aliphatic carbocycles. The van der Waals surface area contributed by atoms with Gasteiger partial charge in [0, 0.05) is 11.4 Å². The fourth-order valence-electron chi connectivity index (χ4n) is 2.13. The van der Waals surface area contributed by atoms with Crippen molar-refractivity contribution < 1.29 is 0 Å². The van der Waals surface area contributed by atoms with Gasteiger partial charge < -0.3 is 5.32 Å². The van der Waals surface area contributed by atoms with Crippen molar-refractivity contribution in [2.45, 2.75) is 26.7 Å². The van der Waals surface area contributed by atoms with E-state index in [-0.39, 0.29) is 0 Å². The van der Waals surface area contributed by atoms with Crippen LogP contribution in [0.3, 0.4) is 0 Å². The molecule has 108 valence electrons. The summed E-state index contributed by atoms with van der Waals surface area (Å²) >= 11 is 0. The third-order valence-electron chi connectivity index (χ3n) is 3.54. The predicted octanol–water partition coefficient (Wildman–Crippen LogP) is 5.67. The molecule has 0 saturated carbocycles. The second kappa shape index (κ2) is 7.49. The van der Waals surface area contributed by atoms with Crippen molar-refractivity contribution in [1.82, 2.24) is 0 Å². The maximum atomic E-state index is 3.44. The standard InChI is InChI=1S/C20H23N/c1-4-19(21-20-13-10-16(2)11-14-20)15-12-17(3)18-8-6-5-7-9-18/h4-15,17,21H,1-3H3/b15-12-,19-4+. The van der Waals surface area contributed by atoms with Crippen molar-refractivity contribution >= 4 is 5.69 Å². The topological polar surface area (TPSA) is 12.0 Å². The highest BCUT2D eigenvalue weighted by Crippen LogP contribution is 2.18. The first-order valence-electron chi connectivity index (χ1n) is 7.42. The van der Waals surface area contributed by atoms with Crippen LogP contribution in [-0.2, 0) is 0 Å². The summed E-state index contributed by atoms with van der Waals surface area (Å²) in [5, 5.41) is 3.44. The minimum absolute atomic E-state index is 0.404. The Labute approximate surface area is 128 Å². The molecule has 0 aromatic heterocycles. The van der Waals surface area contributed by atoms with Crippen LogP contribution in [0.2, 0.25) is 0 Å². The van der Waals surface area contributed by atoms with Crippen LogP contribution in [0.15, 0.2) is 78.5 Å². The van der Waals surface area contributed by atoms with Gasteiger partial charge in [-0.3, -0.25) is 0 Å². The molecule has 1 atom stereocenters. The Morgan fingerprint density at radius 1 is 1.00 bits per heavy atom. The summed E-state index contributed by atoms with van der Waals surface area (Å²) in [7, 11) is 0. The minimum Gasteiger partial charge on any atom is -0.356 e. The molecule has 0 amide bonds. The first-order valence-corrected chi connectivity index (χ1v) is 7.42. The first kappa shape index (κ1) is 15.1. The maximum Gasteiger partial charge on any atom is 0.0384 e. The van der Waals surface area contributed by atoms with E-state index in [1.807, 2.05) is 6.92 Å². The maximum absolute atomic E-state index is 3.44. The average Bonchev–Trinajstić information content (AvgIpc) is 2.53. The average molecular weight is 277 g/mol. The van der Waals surface area contributed by atoms with Gasteiger partial charge in [-0.15, -0.1) is 0 Å². The Morgan fingerprint density at radius 3 is 2.29 bits per heavy atom. The summed E-state index contributed by atoms with van der Waals surface area (Å²) in [4.78, 5) is 0. The molecule has 2 aromatic rings. The Balaban J connectivity index is 2.02. The van der Waals surface area contributed by atoms with E-state index in [1.165, 1.54) is 11.1 Å². The quantitative estimate of drug-likeness (QED) is 0.694. The van der Waals surface area contributed by atoms with Crippen LogP contribution >= 0.6 is 0 Å². The third kappa shape index (κ3) is 4.64. The van der Waals surface area contributed by atoms with Crippen LogP contribution in [-0.4, -0.2) is 0 Å². The number of allylic oxidation sites excluding steroid dienone is 3. The van der Waals surface area contributed by atoms with Gasteiger partial charge in [-0.25, -0.2) is 0 Å².